The molecule has 0 fully saturated rings. The Morgan fingerprint density at radius 3 is 2.57 bits per heavy atom. The number of benzene rings is 1. The topological polar surface area (TPSA) is 38.5 Å². The van der Waals surface area contributed by atoms with Crippen LogP contribution in [-0.2, 0) is 11.2 Å². The SMILES string of the molecule is CCC(N)Cc1cc(Br)ccc1N(CCOC)C(C)CC. The molecule has 0 saturated carbocycles. The highest BCUT2D eigenvalue weighted by Crippen LogP contribution is 2.28. The molecule has 2 atom stereocenters. The van der Waals surface area contributed by atoms with Gasteiger partial charge in [0, 0.05) is 35.9 Å². The van der Waals surface area contributed by atoms with Gasteiger partial charge in [0.05, 0.1) is 6.61 Å². The molecule has 0 aliphatic rings. The highest BCUT2D eigenvalue weighted by Gasteiger charge is 2.17. The number of nitrogens with zero attached hydrogens (tertiary/aromatic N) is 1. The second-order valence-electron chi connectivity index (χ2n) is 5.59. The lowest BCUT2D eigenvalue weighted by atomic mass is 10.0. The van der Waals surface area contributed by atoms with Gasteiger partial charge < -0.3 is 15.4 Å². The summed E-state index contributed by atoms with van der Waals surface area (Å²) in [7, 11) is 1.75. The minimum absolute atomic E-state index is 0.208. The van der Waals surface area contributed by atoms with Crippen LogP contribution in [0, 0.1) is 0 Å². The largest absolute Gasteiger partial charge is 0.383 e. The first kappa shape index (κ1) is 18.5. The number of hydrogen-bond donors (Lipinski definition) is 1. The normalized spacial score (nSPS) is 14.0. The van der Waals surface area contributed by atoms with Crippen molar-refractivity contribution in [2.45, 2.75) is 52.1 Å². The Hall–Kier alpha value is -0.580. The first-order valence-corrected chi connectivity index (χ1v) is 8.62. The Morgan fingerprint density at radius 1 is 1.29 bits per heavy atom. The van der Waals surface area contributed by atoms with E-state index in [4.69, 9.17) is 10.5 Å². The zero-order valence-electron chi connectivity index (χ0n) is 13.7. The summed E-state index contributed by atoms with van der Waals surface area (Å²) >= 11 is 3.58. The summed E-state index contributed by atoms with van der Waals surface area (Å²) in [5.41, 5.74) is 8.77. The lowest BCUT2D eigenvalue weighted by molar-refractivity contribution is 0.203. The molecule has 1 aromatic rings. The Kier molecular flexibility index (Phi) is 8.30. The van der Waals surface area contributed by atoms with Crippen LogP contribution < -0.4 is 10.6 Å². The minimum atomic E-state index is 0.208. The van der Waals surface area contributed by atoms with E-state index < -0.39 is 0 Å². The molecule has 0 bridgehead atoms. The summed E-state index contributed by atoms with van der Waals surface area (Å²) < 4.78 is 6.39. The van der Waals surface area contributed by atoms with E-state index in [1.54, 1.807) is 7.11 Å². The third-order valence-corrected chi connectivity index (χ3v) is 4.51. The van der Waals surface area contributed by atoms with Crippen LogP contribution in [0.4, 0.5) is 5.69 Å². The molecule has 1 rings (SSSR count). The Bertz CT molecular complexity index is 425. The van der Waals surface area contributed by atoms with Gasteiger partial charge >= 0.3 is 0 Å². The molecule has 0 saturated heterocycles. The molecule has 0 radical (unpaired) electrons. The van der Waals surface area contributed by atoms with Crippen molar-refractivity contribution >= 4 is 21.6 Å². The van der Waals surface area contributed by atoms with E-state index in [1.807, 2.05) is 0 Å². The summed E-state index contributed by atoms with van der Waals surface area (Å²) in [6.07, 6.45) is 3.01. The van der Waals surface area contributed by atoms with Crippen LogP contribution in [0.25, 0.3) is 0 Å². The van der Waals surface area contributed by atoms with Gasteiger partial charge in [-0.25, -0.2) is 0 Å². The molecule has 0 aliphatic carbocycles. The van der Waals surface area contributed by atoms with Crippen LogP contribution in [0.2, 0.25) is 0 Å². The van der Waals surface area contributed by atoms with Gasteiger partial charge in [-0.3, -0.25) is 0 Å². The summed E-state index contributed by atoms with van der Waals surface area (Å²) in [5, 5.41) is 0. The first-order chi connectivity index (χ1) is 10.0. The van der Waals surface area contributed by atoms with E-state index in [0.717, 1.165) is 36.9 Å². The molecule has 3 nitrogen and oxygen atoms in total. The van der Waals surface area contributed by atoms with Crippen LogP contribution in [0.1, 0.15) is 39.2 Å². The van der Waals surface area contributed by atoms with E-state index in [-0.39, 0.29) is 6.04 Å². The maximum absolute atomic E-state index is 6.17. The molecule has 2 N–H and O–H groups in total. The number of anilines is 1. The number of methoxy groups -OCH3 is 1. The molecule has 120 valence electrons. The standard InChI is InChI=1S/C17H29BrN2O/c1-5-13(3)20(9-10-21-4)17-8-7-15(18)11-14(17)12-16(19)6-2/h7-8,11,13,16H,5-6,9-10,12,19H2,1-4H3. The smallest absolute Gasteiger partial charge is 0.0637 e. The molecule has 0 aromatic heterocycles. The van der Waals surface area contributed by atoms with Gasteiger partial charge in [0.1, 0.15) is 0 Å². The molecule has 0 heterocycles. The van der Waals surface area contributed by atoms with Crippen LogP contribution in [0.15, 0.2) is 22.7 Å². The van der Waals surface area contributed by atoms with Crippen molar-refractivity contribution in [2.24, 2.45) is 5.73 Å². The van der Waals surface area contributed by atoms with Gasteiger partial charge in [0.15, 0.2) is 0 Å². The lowest BCUT2D eigenvalue weighted by Crippen LogP contribution is -2.36. The molecule has 1 aromatic carbocycles. The Labute approximate surface area is 138 Å². The van der Waals surface area contributed by atoms with Gasteiger partial charge in [-0.1, -0.05) is 29.8 Å². The third-order valence-electron chi connectivity index (χ3n) is 4.02. The second kappa shape index (κ2) is 9.44. The molecule has 0 amide bonds. The molecule has 0 spiro atoms. The van der Waals surface area contributed by atoms with Crippen LogP contribution in [0.3, 0.4) is 0 Å². The predicted molar refractivity (Wildman–Crippen MR) is 95.1 cm³/mol. The highest BCUT2D eigenvalue weighted by atomic mass is 79.9. The summed E-state index contributed by atoms with van der Waals surface area (Å²) in [6, 6.07) is 7.20. The van der Waals surface area contributed by atoms with Crippen LogP contribution in [-0.4, -0.2) is 32.3 Å². The van der Waals surface area contributed by atoms with Gasteiger partial charge in [0.2, 0.25) is 0 Å². The monoisotopic (exact) mass is 356 g/mol. The maximum Gasteiger partial charge on any atom is 0.0637 e. The van der Waals surface area contributed by atoms with Gasteiger partial charge in [-0.05, 0) is 49.9 Å². The molecular formula is C17H29BrN2O. The molecule has 0 aliphatic heterocycles. The molecule has 21 heavy (non-hydrogen) atoms. The lowest BCUT2D eigenvalue weighted by Gasteiger charge is -2.33. The zero-order chi connectivity index (χ0) is 15.8. The van der Waals surface area contributed by atoms with E-state index in [0.29, 0.717) is 6.04 Å². The van der Waals surface area contributed by atoms with Crippen molar-refractivity contribution < 1.29 is 4.74 Å². The van der Waals surface area contributed by atoms with Crippen molar-refractivity contribution in [3.63, 3.8) is 0 Å². The second-order valence-corrected chi connectivity index (χ2v) is 6.50. The summed E-state index contributed by atoms with van der Waals surface area (Å²) in [4.78, 5) is 2.44. The van der Waals surface area contributed by atoms with E-state index in [9.17, 15) is 0 Å². The van der Waals surface area contributed by atoms with Crippen molar-refractivity contribution in [1.29, 1.82) is 0 Å². The van der Waals surface area contributed by atoms with E-state index >= 15 is 0 Å². The van der Waals surface area contributed by atoms with Gasteiger partial charge in [0.25, 0.3) is 0 Å². The predicted octanol–water partition coefficient (Wildman–Crippen LogP) is 3.98. The average Bonchev–Trinajstić information content (AvgIpc) is 2.48. The number of ether oxygens (including phenoxy) is 1. The zero-order valence-corrected chi connectivity index (χ0v) is 15.3. The first-order valence-electron chi connectivity index (χ1n) is 7.83. The summed E-state index contributed by atoms with van der Waals surface area (Å²) in [5.74, 6) is 0. The highest BCUT2D eigenvalue weighted by molar-refractivity contribution is 9.10. The minimum Gasteiger partial charge on any atom is -0.383 e. The van der Waals surface area contributed by atoms with Crippen molar-refractivity contribution in [1.82, 2.24) is 0 Å². The van der Waals surface area contributed by atoms with E-state index in [1.165, 1.54) is 11.3 Å². The molecule has 4 heteroatoms. The van der Waals surface area contributed by atoms with Crippen molar-refractivity contribution in [3.8, 4) is 0 Å². The molecular weight excluding hydrogens is 328 g/mol. The third kappa shape index (κ3) is 5.61. The Balaban J connectivity index is 3.10. The average molecular weight is 357 g/mol. The number of halogens is 1. The number of rotatable bonds is 9. The fraction of sp³-hybridized carbons (Fsp3) is 0.647. The summed E-state index contributed by atoms with van der Waals surface area (Å²) in [6.45, 7) is 8.27. The molecule has 2 unspecified atom stereocenters. The van der Waals surface area contributed by atoms with E-state index in [2.05, 4.69) is 59.8 Å². The Morgan fingerprint density at radius 2 is 2.00 bits per heavy atom. The van der Waals surface area contributed by atoms with Crippen molar-refractivity contribution in [3.05, 3.63) is 28.2 Å². The fourth-order valence-corrected chi connectivity index (χ4v) is 2.82. The number of hydrogen-bond acceptors (Lipinski definition) is 3. The van der Waals surface area contributed by atoms with Gasteiger partial charge in [-0.15, -0.1) is 0 Å². The fourth-order valence-electron chi connectivity index (χ4n) is 2.41. The van der Waals surface area contributed by atoms with Crippen LogP contribution in [0.5, 0.6) is 0 Å². The quantitative estimate of drug-likeness (QED) is 0.727. The van der Waals surface area contributed by atoms with Gasteiger partial charge in [-0.2, -0.15) is 0 Å². The van der Waals surface area contributed by atoms with Crippen LogP contribution >= 0.6 is 15.9 Å². The van der Waals surface area contributed by atoms with Crippen molar-refractivity contribution in [2.75, 3.05) is 25.2 Å². The number of nitrogens with two attached hydrogens (primary N) is 1. The maximum atomic E-state index is 6.17.